The summed E-state index contributed by atoms with van der Waals surface area (Å²) in [5.74, 6) is 0. The SMILES string of the molecule is c1ccc(Cn2cnc(-c3cc4n[nH]nc4cn3)c2)cc1. The maximum absolute atomic E-state index is 4.42. The molecular weight excluding hydrogens is 264 g/mol. The van der Waals surface area contributed by atoms with E-state index >= 15 is 0 Å². The lowest BCUT2D eigenvalue weighted by Gasteiger charge is -2.01. The Hall–Kier alpha value is -3.02. The second-order valence-corrected chi connectivity index (χ2v) is 4.80. The van der Waals surface area contributed by atoms with E-state index in [0.717, 1.165) is 29.0 Å². The minimum Gasteiger partial charge on any atom is -0.332 e. The number of nitrogens with zero attached hydrogens (tertiary/aromatic N) is 5. The van der Waals surface area contributed by atoms with Gasteiger partial charge < -0.3 is 4.57 Å². The summed E-state index contributed by atoms with van der Waals surface area (Å²) >= 11 is 0. The summed E-state index contributed by atoms with van der Waals surface area (Å²) in [5, 5.41) is 10.6. The van der Waals surface area contributed by atoms with Crippen LogP contribution in [0.5, 0.6) is 0 Å². The number of imidazole rings is 1. The van der Waals surface area contributed by atoms with Gasteiger partial charge in [0.15, 0.2) is 0 Å². The number of fused-ring (bicyclic) bond motifs is 1. The van der Waals surface area contributed by atoms with Gasteiger partial charge in [0.05, 0.1) is 18.2 Å². The number of rotatable bonds is 3. The summed E-state index contributed by atoms with van der Waals surface area (Å²) in [6, 6.07) is 12.2. The molecule has 0 atom stereocenters. The first kappa shape index (κ1) is 11.8. The molecule has 0 radical (unpaired) electrons. The lowest BCUT2D eigenvalue weighted by molar-refractivity contribution is 0.797. The highest BCUT2D eigenvalue weighted by Crippen LogP contribution is 2.18. The monoisotopic (exact) mass is 276 g/mol. The van der Waals surface area contributed by atoms with E-state index in [0.29, 0.717) is 0 Å². The van der Waals surface area contributed by atoms with Crippen LogP contribution < -0.4 is 0 Å². The van der Waals surface area contributed by atoms with E-state index in [-0.39, 0.29) is 0 Å². The Morgan fingerprint density at radius 3 is 2.71 bits per heavy atom. The molecule has 0 fully saturated rings. The first-order chi connectivity index (χ1) is 10.4. The molecule has 4 rings (SSSR count). The number of aromatic amines is 1. The third-order valence-corrected chi connectivity index (χ3v) is 3.31. The third-order valence-electron chi connectivity index (χ3n) is 3.31. The van der Waals surface area contributed by atoms with Gasteiger partial charge in [0.1, 0.15) is 16.7 Å². The summed E-state index contributed by atoms with van der Waals surface area (Å²) in [5.41, 5.74) is 4.40. The van der Waals surface area contributed by atoms with E-state index < -0.39 is 0 Å². The zero-order chi connectivity index (χ0) is 14.1. The zero-order valence-corrected chi connectivity index (χ0v) is 11.1. The van der Waals surface area contributed by atoms with Crippen molar-refractivity contribution in [2.45, 2.75) is 6.54 Å². The second-order valence-electron chi connectivity index (χ2n) is 4.80. The van der Waals surface area contributed by atoms with Gasteiger partial charge in [-0.05, 0) is 11.6 Å². The van der Waals surface area contributed by atoms with Gasteiger partial charge in [-0.25, -0.2) is 4.98 Å². The van der Waals surface area contributed by atoms with Crippen molar-refractivity contribution in [3.63, 3.8) is 0 Å². The van der Waals surface area contributed by atoms with Crippen LogP contribution in [0, 0.1) is 0 Å². The largest absolute Gasteiger partial charge is 0.332 e. The van der Waals surface area contributed by atoms with Gasteiger partial charge in [-0.2, -0.15) is 15.4 Å². The summed E-state index contributed by atoms with van der Waals surface area (Å²) in [7, 11) is 0. The predicted octanol–water partition coefficient (Wildman–Crippen LogP) is 2.26. The highest BCUT2D eigenvalue weighted by molar-refractivity contribution is 5.76. The quantitative estimate of drug-likeness (QED) is 0.623. The Bertz CT molecular complexity index is 877. The van der Waals surface area contributed by atoms with E-state index in [1.54, 1.807) is 6.20 Å². The molecule has 1 N–H and O–H groups in total. The first-order valence-corrected chi connectivity index (χ1v) is 6.61. The van der Waals surface area contributed by atoms with E-state index in [9.17, 15) is 0 Å². The Balaban J connectivity index is 1.64. The molecule has 102 valence electrons. The Labute approximate surface area is 120 Å². The van der Waals surface area contributed by atoms with Crippen LogP contribution in [0.4, 0.5) is 0 Å². The van der Waals surface area contributed by atoms with Crippen molar-refractivity contribution in [1.29, 1.82) is 0 Å². The van der Waals surface area contributed by atoms with Gasteiger partial charge in [-0.1, -0.05) is 30.3 Å². The van der Waals surface area contributed by atoms with Crippen LogP contribution in [-0.2, 0) is 6.54 Å². The van der Waals surface area contributed by atoms with Gasteiger partial charge >= 0.3 is 0 Å². The summed E-state index contributed by atoms with van der Waals surface area (Å²) in [6.45, 7) is 0.792. The first-order valence-electron chi connectivity index (χ1n) is 6.61. The summed E-state index contributed by atoms with van der Waals surface area (Å²) < 4.78 is 2.04. The third kappa shape index (κ3) is 2.27. The van der Waals surface area contributed by atoms with Gasteiger partial charge in [0.25, 0.3) is 0 Å². The smallest absolute Gasteiger partial charge is 0.131 e. The molecule has 0 unspecified atom stereocenters. The van der Waals surface area contributed by atoms with Crippen molar-refractivity contribution in [2.24, 2.45) is 0 Å². The molecule has 0 aliphatic rings. The number of pyridine rings is 1. The molecule has 6 heteroatoms. The molecule has 0 spiro atoms. The normalized spacial score (nSPS) is 11.0. The molecule has 21 heavy (non-hydrogen) atoms. The van der Waals surface area contributed by atoms with Crippen molar-refractivity contribution in [1.82, 2.24) is 29.9 Å². The fraction of sp³-hybridized carbons (Fsp3) is 0.0667. The molecular formula is C15H12N6. The van der Waals surface area contributed by atoms with Crippen molar-refractivity contribution >= 4 is 11.0 Å². The van der Waals surface area contributed by atoms with E-state index in [2.05, 4.69) is 37.5 Å². The molecule has 4 aromatic rings. The summed E-state index contributed by atoms with van der Waals surface area (Å²) in [4.78, 5) is 8.79. The molecule has 0 saturated carbocycles. The van der Waals surface area contributed by atoms with Crippen LogP contribution >= 0.6 is 0 Å². The number of benzene rings is 1. The molecule has 6 nitrogen and oxygen atoms in total. The maximum atomic E-state index is 4.42. The van der Waals surface area contributed by atoms with E-state index in [1.807, 2.05) is 41.4 Å². The van der Waals surface area contributed by atoms with E-state index in [4.69, 9.17) is 0 Å². The fourth-order valence-electron chi connectivity index (χ4n) is 2.26. The average molecular weight is 276 g/mol. The molecule has 0 aliphatic carbocycles. The molecule has 0 amide bonds. The minimum absolute atomic E-state index is 0.752. The number of nitrogens with one attached hydrogen (secondary N) is 1. The van der Waals surface area contributed by atoms with Crippen LogP contribution in [0.2, 0.25) is 0 Å². The maximum Gasteiger partial charge on any atom is 0.131 e. The van der Waals surface area contributed by atoms with Gasteiger partial charge in [-0.3, -0.25) is 4.98 Å². The van der Waals surface area contributed by atoms with Gasteiger partial charge in [0, 0.05) is 12.7 Å². The predicted molar refractivity (Wildman–Crippen MR) is 78.4 cm³/mol. The lowest BCUT2D eigenvalue weighted by Crippen LogP contribution is -1.95. The van der Waals surface area contributed by atoms with Crippen molar-refractivity contribution in [3.05, 3.63) is 60.7 Å². The van der Waals surface area contributed by atoms with Crippen LogP contribution in [0.3, 0.4) is 0 Å². The second kappa shape index (κ2) is 4.82. The fourth-order valence-corrected chi connectivity index (χ4v) is 2.26. The number of aromatic nitrogens is 6. The molecule has 0 saturated heterocycles. The van der Waals surface area contributed by atoms with Crippen LogP contribution in [0.15, 0.2) is 55.1 Å². The Morgan fingerprint density at radius 2 is 1.81 bits per heavy atom. The average Bonchev–Trinajstić information content (AvgIpc) is 3.16. The highest BCUT2D eigenvalue weighted by Gasteiger charge is 2.07. The Kier molecular flexibility index (Phi) is 2.71. The molecule has 1 aromatic carbocycles. The van der Waals surface area contributed by atoms with Crippen molar-refractivity contribution in [2.75, 3.05) is 0 Å². The highest BCUT2D eigenvalue weighted by atomic mass is 15.3. The van der Waals surface area contributed by atoms with Crippen LogP contribution in [0.25, 0.3) is 22.4 Å². The van der Waals surface area contributed by atoms with Crippen molar-refractivity contribution < 1.29 is 0 Å². The van der Waals surface area contributed by atoms with Crippen LogP contribution in [0.1, 0.15) is 5.56 Å². The molecule has 0 aliphatic heterocycles. The zero-order valence-electron chi connectivity index (χ0n) is 11.1. The molecule has 3 aromatic heterocycles. The minimum atomic E-state index is 0.752. The van der Waals surface area contributed by atoms with Gasteiger partial charge in [0.2, 0.25) is 0 Å². The standard InChI is InChI=1S/C15H12N6/c1-2-4-11(5-3-1)8-21-9-15(17-10-21)12-6-13-14(7-16-12)19-20-18-13/h1-7,9-10H,8H2,(H,18,19,20). The molecule has 3 heterocycles. The topological polar surface area (TPSA) is 72.3 Å². The number of hydrogen-bond acceptors (Lipinski definition) is 4. The summed E-state index contributed by atoms with van der Waals surface area (Å²) in [6.07, 6.45) is 5.50. The van der Waals surface area contributed by atoms with E-state index in [1.165, 1.54) is 5.56 Å². The van der Waals surface area contributed by atoms with Gasteiger partial charge in [-0.15, -0.1) is 0 Å². The number of hydrogen-bond donors (Lipinski definition) is 1. The van der Waals surface area contributed by atoms with Crippen molar-refractivity contribution in [3.8, 4) is 11.4 Å². The molecule has 0 bridgehead atoms. The number of H-pyrrole nitrogens is 1. The Morgan fingerprint density at radius 1 is 0.952 bits per heavy atom. The van der Waals surface area contributed by atoms with Crippen LogP contribution in [-0.4, -0.2) is 29.9 Å². The lowest BCUT2D eigenvalue weighted by atomic mass is 10.2.